The van der Waals surface area contributed by atoms with Crippen molar-refractivity contribution in [1.29, 1.82) is 0 Å². The van der Waals surface area contributed by atoms with E-state index >= 15 is 0 Å². The second kappa shape index (κ2) is 4.37. The summed E-state index contributed by atoms with van der Waals surface area (Å²) in [6.45, 7) is 1.88. The molecule has 0 aromatic carbocycles. The molecule has 0 unspecified atom stereocenters. The number of pyridine rings is 2. The first-order chi connectivity index (χ1) is 7.65. The van der Waals surface area contributed by atoms with Crippen molar-refractivity contribution >= 4 is 17.3 Å². The average Bonchev–Trinajstić information content (AvgIpc) is 2.24. The molecule has 0 spiro atoms. The second-order valence-electron chi connectivity index (χ2n) is 3.32. The van der Waals surface area contributed by atoms with Crippen molar-refractivity contribution < 1.29 is 4.74 Å². The quantitative estimate of drug-likeness (QED) is 0.870. The van der Waals surface area contributed by atoms with Crippen LogP contribution in [0.3, 0.4) is 0 Å². The molecule has 2 aromatic heterocycles. The Morgan fingerprint density at radius 3 is 2.75 bits per heavy atom. The Morgan fingerprint density at radius 1 is 1.25 bits per heavy atom. The van der Waals surface area contributed by atoms with Crippen molar-refractivity contribution in [2.75, 3.05) is 5.73 Å². The first-order valence-electron chi connectivity index (χ1n) is 4.65. The van der Waals surface area contributed by atoms with E-state index in [9.17, 15) is 0 Å². The highest BCUT2D eigenvalue weighted by atomic mass is 35.5. The predicted molar refractivity (Wildman–Crippen MR) is 62.7 cm³/mol. The van der Waals surface area contributed by atoms with Crippen LogP contribution in [0.15, 0.2) is 30.7 Å². The molecule has 0 atom stereocenters. The van der Waals surface area contributed by atoms with Gasteiger partial charge in [-0.2, -0.15) is 0 Å². The first-order valence-corrected chi connectivity index (χ1v) is 5.03. The minimum Gasteiger partial charge on any atom is -0.437 e. The molecule has 82 valence electrons. The zero-order chi connectivity index (χ0) is 11.5. The molecule has 0 aliphatic carbocycles. The summed E-state index contributed by atoms with van der Waals surface area (Å²) in [5, 5.41) is 0.512. The number of halogens is 1. The van der Waals surface area contributed by atoms with Gasteiger partial charge in [0.05, 0.1) is 11.2 Å². The van der Waals surface area contributed by atoms with Gasteiger partial charge in [0.15, 0.2) is 0 Å². The fourth-order valence-corrected chi connectivity index (χ4v) is 1.31. The van der Waals surface area contributed by atoms with Gasteiger partial charge in [-0.25, -0.2) is 4.98 Å². The van der Waals surface area contributed by atoms with Gasteiger partial charge in [0.1, 0.15) is 5.75 Å². The van der Waals surface area contributed by atoms with Gasteiger partial charge in [-0.1, -0.05) is 11.6 Å². The average molecular weight is 236 g/mol. The molecular formula is C11H10ClN3O. The Balaban J connectivity index is 2.24. The molecule has 0 bridgehead atoms. The lowest BCUT2D eigenvalue weighted by molar-refractivity contribution is 0.461. The van der Waals surface area contributed by atoms with Crippen LogP contribution < -0.4 is 10.5 Å². The molecule has 0 saturated carbocycles. The van der Waals surface area contributed by atoms with Gasteiger partial charge < -0.3 is 10.5 Å². The molecule has 0 aliphatic rings. The topological polar surface area (TPSA) is 61.0 Å². The van der Waals surface area contributed by atoms with Gasteiger partial charge in [0.25, 0.3) is 0 Å². The fourth-order valence-electron chi connectivity index (χ4n) is 1.14. The van der Waals surface area contributed by atoms with Gasteiger partial charge in [-0.3, -0.25) is 4.98 Å². The fraction of sp³-hybridized carbons (Fsp3) is 0.0909. The molecule has 16 heavy (non-hydrogen) atoms. The molecule has 2 rings (SSSR count). The summed E-state index contributed by atoms with van der Waals surface area (Å²) in [6, 6.07) is 3.32. The molecule has 0 fully saturated rings. The van der Waals surface area contributed by atoms with E-state index in [2.05, 4.69) is 9.97 Å². The lowest BCUT2D eigenvalue weighted by Crippen LogP contribution is -1.94. The number of rotatable bonds is 2. The normalized spacial score (nSPS) is 10.1. The standard InChI is InChI=1S/C11H10ClN3O/c1-7-4-15-11(3-10(7)13)16-9-2-8(12)5-14-6-9/h2-6H,1H3,(H2,13,15). The molecule has 0 amide bonds. The van der Waals surface area contributed by atoms with E-state index in [0.29, 0.717) is 22.3 Å². The van der Waals surface area contributed by atoms with Crippen molar-refractivity contribution in [3.05, 3.63) is 41.3 Å². The van der Waals surface area contributed by atoms with E-state index in [1.807, 2.05) is 6.92 Å². The van der Waals surface area contributed by atoms with Crippen LogP contribution >= 0.6 is 11.6 Å². The minimum atomic E-state index is 0.423. The molecule has 2 heterocycles. The van der Waals surface area contributed by atoms with E-state index in [-0.39, 0.29) is 0 Å². The number of nitrogens with two attached hydrogens (primary N) is 1. The lowest BCUT2D eigenvalue weighted by Gasteiger charge is -2.06. The zero-order valence-corrected chi connectivity index (χ0v) is 9.40. The smallest absolute Gasteiger partial charge is 0.221 e. The van der Waals surface area contributed by atoms with Gasteiger partial charge in [0, 0.05) is 30.2 Å². The molecule has 0 aliphatic heterocycles. The third-order valence-corrected chi connectivity index (χ3v) is 2.23. The number of aryl methyl sites for hydroxylation is 1. The summed E-state index contributed by atoms with van der Waals surface area (Å²) < 4.78 is 5.46. The number of nitrogen functional groups attached to an aromatic ring is 1. The van der Waals surface area contributed by atoms with Crippen LogP contribution in [0.25, 0.3) is 0 Å². The van der Waals surface area contributed by atoms with Crippen molar-refractivity contribution in [1.82, 2.24) is 9.97 Å². The molecule has 4 nitrogen and oxygen atoms in total. The van der Waals surface area contributed by atoms with Crippen LogP contribution in [0.1, 0.15) is 5.56 Å². The summed E-state index contributed by atoms with van der Waals surface area (Å²) >= 11 is 5.78. The van der Waals surface area contributed by atoms with Gasteiger partial charge >= 0.3 is 0 Å². The van der Waals surface area contributed by atoms with Crippen molar-refractivity contribution in [2.45, 2.75) is 6.92 Å². The Kier molecular flexibility index (Phi) is 2.92. The third-order valence-electron chi connectivity index (χ3n) is 2.02. The van der Waals surface area contributed by atoms with E-state index in [1.54, 1.807) is 24.5 Å². The number of ether oxygens (including phenoxy) is 1. The Hall–Kier alpha value is -1.81. The summed E-state index contributed by atoms with van der Waals surface area (Å²) in [4.78, 5) is 8.00. The number of aromatic nitrogens is 2. The molecule has 5 heteroatoms. The van der Waals surface area contributed by atoms with Crippen LogP contribution in [0.5, 0.6) is 11.6 Å². The Bertz CT molecular complexity index is 516. The van der Waals surface area contributed by atoms with Gasteiger partial charge in [-0.15, -0.1) is 0 Å². The van der Waals surface area contributed by atoms with E-state index in [4.69, 9.17) is 22.1 Å². The van der Waals surface area contributed by atoms with Crippen LogP contribution in [-0.2, 0) is 0 Å². The minimum absolute atomic E-state index is 0.423. The van der Waals surface area contributed by atoms with Gasteiger partial charge in [0.2, 0.25) is 5.88 Å². The van der Waals surface area contributed by atoms with Crippen LogP contribution in [0.4, 0.5) is 5.69 Å². The Labute approximate surface area is 98.0 Å². The second-order valence-corrected chi connectivity index (χ2v) is 3.76. The van der Waals surface area contributed by atoms with E-state index in [0.717, 1.165) is 5.56 Å². The maximum absolute atomic E-state index is 5.78. The monoisotopic (exact) mass is 235 g/mol. The maximum Gasteiger partial charge on any atom is 0.221 e. The third kappa shape index (κ3) is 2.41. The van der Waals surface area contributed by atoms with E-state index < -0.39 is 0 Å². The highest BCUT2D eigenvalue weighted by Crippen LogP contribution is 2.23. The largest absolute Gasteiger partial charge is 0.437 e. The Morgan fingerprint density at radius 2 is 2.06 bits per heavy atom. The maximum atomic E-state index is 5.78. The molecule has 0 saturated heterocycles. The number of anilines is 1. The molecule has 2 N–H and O–H groups in total. The van der Waals surface area contributed by atoms with Crippen molar-refractivity contribution in [3.8, 4) is 11.6 Å². The highest BCUT2D eigenvalue weighted by molar-refractivity contribution is 6.30. The van der Waals surface area contributed by atoms with Crippen LogP contribution in [0, 0.1) is 6.92 Å². The number of hydrogen-bond donors (Lipinski definition) is 1. The molecule has 2 aromatic rings. The zero-order valence-electron chi connectivity index (χ0n) is 8.64. The summed E-state index contributed by atoms with van der Waals surface area (Å²) in [6.07, 6.45) is 4.75. The SMILES string of the molecule is Cc1cnc(Oc2cncc(Cl)c2)cc1N. The number of nitrogens with zero attached hydrogens (tertiary/aromatic N) is 2. The molecule has 0 radical (unpaired) electrons. The van der Waals surface area contributed by atoms with Crippen molar-refractivity contribution in [3.63, 3.8) is 0 Å². The van der Waals surface area contributed by atoms with Gasteiger partial charge in [-0.05, 0) is 12.5 Å². The summed E-state index contributed by atoms with van der Waals surface area (Å²) in [5.74, 6) is 0.954. The predicted octanol–water partition coefficient (Wildman–Crippen LogP) is 2.81. The van der Waals surface area contributed by atoms with Crippen molar-refractivity contribution in [2.24, 2.45) is 0 Å². The highest BCUT2D eigenvalue weighted by Gasteiger charge is 2.02. The number of hydrogen-bond acceptors (Lipinski definition) is 4. The molecular weight excluding hydrogens is 226 g/mol. The van der Waals surface area contributed by atoms with E-state index in [1.165, 1.54) is 6.20 Å². The summed E-state index contributed by atoms with van der Waals surface area (Å²) in [5.41, 5.74) is 7.29. The van der Waals surface area contributed by atoms with Crippen LogP contribution in [0.2, 0.25) is 5.02 Å². The van der Waals surface area contributed by atoms with Crippen LogP contribution in [-0.4, -0.2) is 9.97 Å². The lowest BCUT2D eigenvalue weighted by atomic mass is 10.3. The first kappa shape index (κ1) is 10.7. The summed E-state index contributed by atoms with van der Waals surface area (Å²) in [7, 11) is 0.